The minimum absolute atomic E-state index is 0.0422. The van der Waals surface area contributed by atoms with Crippen molar-refractivity contribution in [2.24, 2.45) is 5.73 Å². The maximum absolute atomic E-state index is 13.5. The summed E-state index contributed by atoms with van der Waals surface area (Å²) in [5.41, 5.74) is 14.9. The van der Waals surface area contributed by atoms with E-state index in [1.54, 1.807) is 42.5 Å². The van der Waals surface area contributed by atoms with E-state index in [0.29, 0.717) is 41.1 Å². The SMILES string of the molecule is CC(C)Nc1ncc(-c2cc(N)cc(C(=O)NCc3ccccc3)c2)n(CC(=O)NCc2ccc(C(=N)N)cc2)c1=O.COC=O. The summed E-state index contributed by atoms with van der Waals surface area (Å²) in [6.45, 7) is 4.39. The van der Waals surface area contributed by atoms with Gasteiger partial charge in [-0.15, -0.1) is 0 Å². The van der Waals surface area contributed by atoms with Gasteiger partial charge in [-0.25, -0.2) is 4.98 Å². The van der Waals surface area contributed by atoms with Crippen molar-refractivity contribution in [1.29, 1.82) is 5.41 Å². The van der Waals surface area contributed by atoms with E-state index in [0.717, 1.165) is 11.1 Å². The molecule has 0 aliphatic heterocycles. The Hall–Kier alpha value is -5.98. The van der Waals surface area contributed by atoms with Crippen LogP contribution in [0.15, 0.2) is 83.8 Å². The fraction of sp³-hybridized carbons (Fsp3) is 0.212. The lowest BCUT2D eigenvalue weighted by molar-refractivity contribution is -0.126. The van der Waals surface area contributed by atoms with Crippen molar-refractivity contribution in [3.8, 4) is 11.3 Å². The Morgan fingerprint density at radius 3 is 2.22 bits per heavy atom. The monoisotopic (exact) mass is 626 g/mol. The maximum atomic E-state index is 13.5. The fourth-order valence-electron chi connectivity index (χ4n) is 4.26. The predicted octanol–water partition coefficient (Wildman–Crippen LogP) is 2.63. The van der Waals surface area contributed by atoms with Gasteiger partial charge in [0.25, 0.3) is 17.9 Å². The molecule has 0 aliphatic carbocycles. The van der Waals surface area contributed by atoms with Crippen LogP contribution < -0.4 is 33.0 Å². The van der Waals surface area contributed by atoms with Gasteiger partial charge in [-0.2, -0.15) is 0 Å². The smallest absolute Gasteiger partial charge is 0.294 e. The molecule has 0 fully saturated rings. The van der Waals surface area contributed by atoms with Crippen LogP contribution in [0.2, 0.25) is 0 Å². The number of nitrogens with zero attached hydrogens (tertiary/aromatic N) is 2. The first-order chi connectivity index (χ1) is 22.0. The average molecular weight is 627 g/mol. The van der Waals surface area contributed by atoms with Gasteiger partial charge in [-0.05, 0) is 43.2 Å². The Labute approximate surface area is 266 Å². The van der Waals surface area contributed by atoms with Gasteiger partial charge in [-0.3, -0.25) is 29.2 Å². The number of ether oxygens (including phenoxy) is 1. The van der Waals surface area contributed by atoms with Gasteiger partial charge in [-0.1, -0.05) is 54.6 Å². The molecule has 46 heavy (non-hydrogen) atoms. The lowest BCUT2D eigenvalue weighted by Crippen LogP contribution is -2.35. The van der Waals surface area contributed by atoms with Crippen molar-refractivity contribution < 1.29 is 19.1 Å². The van der Waals surface area contributed by atoms with E-state index in [9.17, 15) is 14.4 Å². The van der Waals surface area contributed by atoms with Gasteiger partial charge in [0.15, 0.2) is 5.82 Å². The molecule has 0 radical (unpaired) electrons. The third-order valence-electron chi connectivity index (χ3n) is 6.44. The number of hydrogen-bond donors (Lipinski definition) is 6. The third kappa shape index (κ3) is 10.0. The molecule has 1 aromatic heterocycles. The van der Waals surface area contributed by atoms with E-state index in [4.69, 9.17) is 21.7 Å². The molecule has 0 spiro atoms. The average Bonchev–Trinajstić information content (AvgIpc) is 3.04. The lowest BCUT2D eigenvalue weighted by Gasteiger charge is -2.17. The molecular weight excluding hydrogens is 588 g/mol. The van der Waals surface area contributed by atoms with Crippen LogP contribution in [-0.2, 0) is 34.0 Å². The minimum Gasteiger partial charge on any atom is -0.471 e. The number of carbonyl (C=O) groups is 3. The molecule has 0 unspecified atom stereocenters. The van der Waals surface area contributed by atoms with Crippen molar-refractivity contribution in [3.05, 3.63) is 112 Å². The zero-order valence-electron chi connectivity index (χ0n) is 25.9. The maximum Gasteiger partial charge on any atom is 0.294 e. The van der Waals surface area contributed by atoms with Crippen molar-refractivity contribution in [3.63, 3.8) is 0 Å². The highest BCUT2D eigenvalue weighted by Crippen LogP contribution is 2.23. The number of amidine groups is 1. The van der Waals surface area contributed by atoms with E-state index < -0.39 is 11.5 Å². The number of anilines is 2. The molecule has 3 aromatic carbocycles. The molecule has 0 atom stereocenters. The molecule has 1 heterocycles. The summed E-state index contributed by atoms with van der Waals surface area (Å²) in [6, 6.07) is 21.2. The van der Waals surface area contributed by atoms with Crippen LogP contribution in [0.1, 0.15) is 40.9 Å². The van der Waals surface area contributed by atoms with Crippen LogP contribution in [0.5, 0.6) is 0 Å². The largest absolute Gasteiger partial charge is 0.471 e. The van der Waals surface area contributed by atoms with Crippen LogP contribution >= 0.6 is 0 Å². The Kier molecular flexibility index (Phi) is 12.6. The highest BCUT2D eigenvalue weighted by Gasteiger charge is 2.18. The summed E-state index contributed by atoms with van der Waals surface area (Å²) >= 11 is 0. The number of benzene rings is 3. The predicted molar refractivity (Wildman–Crippen MR) is 177 cm³/mol. The van der Waals surface area contributed by atoms with E-state index in [-0.39, 0.29) is 36.7 Å². The third-order valence-corrected chi connectivity index (χ3v) is 6.44. The fourth-order valence-corrected chi connectivity index (χ4v) is 4.26. The molecule has 0 saturated heterocycles. The van der Waals surface area contributed by atoms with Gasteiger partial charge < -0.3 is 32.2 Å². The molecule has 0 bridgehead atoms. The minimum atomic E-state index is -0.486. The summed E-state index contributed by atoms with van der Waals surface area (Å²) in [6.07, 6.45) is 1.49. The number of aromatic nitrogens is 2. The second-order valence-corrected chi connectivity index (χ2v) is 10.4. The highest BCUT2D eigenvalue weighted by atomic mass is 16.5. The molecule has 240 valence electrons. The number of amides is 2. The molecule has 13 nitrogen and oxygen atoms in total. The molecule has 13 heteroatoms. The topological polar surface area (TPSA) is 207 Å². The van der Waals surface area contributed by atoms with Crippen LogP contribution in [0.3, 0.4) is 0 Å². The molecule has 2 amide bonds. The number of rotatable bonds is 12. The van der Waals surface area contributed by atoms with Gasteiger partial charge >= 0.3 is 0 Å². The number of nitrogens with one attached hydrogen (secondary N) is 4. The standard InChI is InChI=1S/C31H34N8O3.C2H4O2/c1-19(2)38-29-31(42)39(18-27(40)35-15-21-8-10-22(11-9-21)28(33)34)26(17-36-29)23-12-24(14-25(32)13-23)30(41)37-16-20-6-4-3-5-7-20;1-4-2-3/h3-14,17,19H,15-16,18,32H2,1-2H3,(H3,33,34)(H,35,40)(H,36,38)(H,37,41);2H,1H3. The Morgan fingerprint density at radius 1 is 0.978 bits per heavy atom. The quantitative estimate of drug-likeness (QED) is 0.0590. The number of nitrogen functional groups attached to an aromatic ring is 2. The van der Waals surface area contributed by atoms with E-state index in [1.807, 2.05) is 44.2 Å². The van der Waals surface area contributed by atoms with E-state index in [2.05, 4.69) is 25.7 Å². The second kappa shape index (κ2) is 16.8. The van der Waals surface area contributed by atoms with Crippen molar-refractivity contribution in [2.45, 2.75) is 39.5 Å². The summed E-state index contributed by atoms with van der Waals surface area (Å²) in [7, 11) is 1.31. The molecule has 4 aromatic rings. The van der Waals surface area contributed by atoms with E-state index in [1.165, 1.54) is 17.9 Å². The summed E-state index contributed by atoms with van der Waals surface area (Å²) in [4.78, 5) is 52.8. The van der Waals surface area contributed by atoms with Crippen LogP contribution in [0.25, 0.3) is 11.3 Å². The van der Waals surface area contributed by atoms with Crippen LogP contribution in [0, 0.1) is 5.41 Å². The Bertz CT molecular complexity index is 1720. The zero-order valence-corrected chi connectivity index (χ0v) is 25.9. The highest BCUT2D eigenvalue weighted by molar-refractivity contribution is 5.96. The Morgan fingerprint density at radius 2 is 1.61 bits per heavy atom. The molecule has 8 N–H and O–H groups in total. The van der Waals surface area contributed by atoms with Crippen LogP contribution in [0.4, 0.5) is 11.5 Å². The zero-order chi connectivity index (χ0) is 33.6. The van der Waals surface area contributed by atoms with E-state index >= 15 is 0 Å². The molecule has 4 rings (SSSR count). The first kappa shape index (κ1) is 34.5. The first-order valence-electron chi connectivity index (χ1n) is 14.3. The van der Waals surface area contributed by atoms with Gasteiger partial charge in [0, 0.05) is 41.5 Å². The van der Waals surface area contributed by atoms with Crippen molar-refractivity contribution >= 4 is 35.6 Å². The summed E-state index contributed by atoms with van der Waals surface area (Å²) < 4.78 is 5.17. The normalized spacial score (nSPS) is 10.3. The summed E-state index contributed by atoms with van der Waals surface area (Å²) in [5.74, 6) is -0.674. The number of nitrogens with two attached hydrogens (primary N) is 2. The second-order valence-electron chi connectivity index (χ2n) is 10.4. The van der Waals surface area contributed by atoms with Gasteiger partial charge in [0.05, 0.1) is 19.0 Å². The lowest BCUT2D eigenvalue weighted by atomic mass is 10.1. The van der Waals surface area contributed by atoms with Crippen LogP contribution in [-0.4, -0.2) is 46.8 Å². The van der Waals surface area contributed by atoms with Gasteiger partial charge in [0.1, 0.15) is 12.4 Å². The van der Waals surface area contributed by atoms with Crippen molar-refractivity contribution in [2.75, 3.05) is 18.2 Å². The molecule has 0 aliphatic rings. The van der Waals surface area contributed by atoms with Crippen molar-refractivity contribution in [1.82, 2.24) is 20.2 Å². The summed E-state index contributed by atoms with van der Waals surface area (Å²) in [5, 5.41) is 16.2. The van der Waals surface area contributed by atoms with Gasteiger partial charge in [0.2, 0.25) is 5.91 Å². The first-order valence-corrected chi connectivity index (χ1v) is 14.3. The number of carbonyl (C=O) groups excluding carboxylic acids is 3. The number of hydrogen-bond acceptors (Lipinski definition) is 9. The molecular formula is C33H38N8O5. The molecule has 0 saturated carbocycles. The Balaban J connectivity index is 0.00000136. The number of methoxy groups -OCH3 is 1.